The molecule has 2 amide bonds. The molecule has 0 aliphatic carbocycles. The van der Waals surface area contributed by atoms with Crippen molar-refractivity contribution in [3.8, 4) is 22.6 Å². The number of nitrogens with one attached hydrogen (secondary N) is 2. The van der Waals surface area contributed by atoms with Gasteiger partial charge >= 0.3 is 0 Å². The predicted octanol–water partition coefficient (Wildman–Crippen LogP) is 9.56. The Balaban J connectivity index is 0.984. The number of hydrogen-bond acceptors (Lipinski definition) is 9. The zero-order chi connectivity index (χ0) is 38.7. The Bertz CT molecular complexity index is 2140. The lowest BCUT2D eigenvalue weighted by atomic mass is 10.0. The van der Waals surface area contributed by atoms with Crippen molar-refractivity contribution in [3.05, 3.63) is 150 Å². The number of unbranched alkanes of at least 4 members (excludes halogenated alkanes) is 1. The molecule has 1 aliphatic rings. The number of amides is 2. The molecule has 1 aromatic heterocycles. The van der Waals surface area contributed by atoms with Crippen LogP contribution < -0.4 is 16.4 Å². The number of nitrogens with two attached hydrogens (primary N) is 1. The summed E-state index contributed by atoms with van der Waals surface area (Å²) in [6.07, 6.45) is 1.20. The first-order chi connectivity index (χ1) is 27.4. The normalized spacial score (nSPS) is 16.6. The van der Waals surface area contributed by atoms with Gasteiger partial charge in [0.2, 0.25) is 11.8 Å². The molecule has 1 aliphatic heterocycles. The van der Waals surface area contributed by atoms with Crippen LogP contribution in [0.5, 0.6) is 0 Å². The van der Waals surface area contributed by atoms with Crippen molar-refractivity contribution in [2.24, 2.45) is 0 Å². The summed E-state index contributed by atoms with van der Waals surface area (Å²) in [5, 5.41) is 15.9. The minimum Gasteiger partial charge on any atom is -0.431 e. The fraction of sp³-hybridized carbons (Fsp3) is 0.222. The highest BCUT2D eigenvalue weighted by Gasteiger charge is 2.33. The first-order valence-corrected chi connectivity index (χ1v) is 19.7. The number of benzene rings is 5. The van der Waals surface area contributed by atoms with Gasteiger partial charge < -0.3 is 35.4 Å². The average molecular weight is 769 g/mol. The summed E-state index contributed by atoms with van der Waals surface area (Å²) < 4.78 is 19.5. The van der Waals surface area contributed by atoms with Gasteiger partial charge in [-0.3, -0.25) is 9.59 Å². The Kier molecular flexibility index (Phi) is 12.9. The van der Waals surface area contributed by atoms with Crippen molar-refractivity contribution < 1.29 is 28.6 Å². The second-order valence-corrected chi connectivity index (χ2v) is 14.5. The van der Waals surface area contributed by atoms with E-state index < -0.39 is 6.29 Å². The van der Waals surface area contributed by atoms with Gasteiger partial charge in [0.05, 0.1) is 30.2 Å². The summed E-state index contributed by atoms with van der Waals surface area (Å²) in [6, 6.07) is 42.4. The minimum atomic E-state index is -0.664. The number of para-hydroxylation sites is 2. The lowest BCUT2D eigenvalue weighted by molar-refractivity contribution is -0.245. The van der Waals surface area contributed by atoms with Crippen LogP contribution in [-0.4, -0.2) is 33.8 Å². The second-order valence-electron chi connectivity index (χ2n) is 13.6. The molecule has 56 heavy (non-hydrogen) atoms. The summed E-state index contributed by atoms with van der Waals surface area (Å²) in [4.78, 5) is 30.0. The van der Waals surface area contributed by atoms with Crippen molar-refractivity contribution in [3.63, 3.8) is 0 Å². The van der Waals surface area contributed by atoms with Crippen LogP contribution >= 0.6 is 11.8 Å². The monoisotopic (exact) mass is 768 g/mol. The highest BCUT2D eigenvalue weighted by molar-refractivity contribution is 7.99. The molecule has 0 radical (unpaired) electrons. The van der Waals surface area contributed by atoms with Crippen molar-refractivity contribution in [1.29, 1.82) is 0 Å². The first kappa shape index (κ1) is 38.6. The number of aliphatic hydroxyl groups is 1. The molecule has 2 heterocycles. The van der Waals surface area contributed by atoms with Gasteiger partial charge in [0.15, 0.2) is 12.1 Å². The van der Waals surface area contributed by atoms with Crippen LogP contribution in [0.25, 0.3) is 22.6 Å². The fourth-order valence-electron chi connectivity index (χ4n) is 6.47. The van der Waals surface area contributed by atoms with E-state index in [4.69, 9.17) is 24.6 Å². The highest BCUT2D eigenvalue weighted by Crippen LogP contribution is 2.41. The highest BCUT2D eigenvalue weighted by atomic mass is 32.2. The second kappa shape index (κ2) is 18.7. The van der Waals surface area contributed by atoms with E-state index in [9.17, 15) is 14.7 Å². The lowest BCUT2D eigenvalue weighted by Gasteiger charge is -2.36. The number of nitrogen functional groups attached to an aromatic ring is 1. The predicted molar refractivity (Wildman–Crippen MR) is 220 cm³/mol. The van der Waals surface area contributed by atoms with Crippen molar-refractivity contribution in [1.82, 2.24) is 4.98 Å². The number of anilines is 3. The van der Waals surface area contributed by atoms with Crippen LogP contribution in [0.1, 0.15) is 61.2 Å². The van der Waals surface area contributed by atoms with E-state index in [0.717, 1.165) is 39.3 Å². The molecule has 0 bridgehead atoms. The van der Waals surface area contributed by atoms with E-state index in [1.54, 1.807) is 12.1 Å². The standard InChI is InChI=1S/C45H44N4O6S/c46-37-15-7-8-16-38(37)48-41(52)18-10-9-17-40(51)47-35-25-23-34(24-26-35)44-53-36(27-39(54-44)31-21-19-30(28-50)20-22-31)29-56-45-49-42(32-11-3-1-4-12-32)43(55-45)33-13-5-2-6-14-33/h1-8,11-16,19-26,36,39,44,50H,9-10,17-18,27-29,46H2,(H,47,51)(H,48,52)/t36-,39+,44+/m1/s1. The van der Waals surface area contributed by atoms with Gasteiger partial charge in [-0.1, -0.05) is 121 Å². The fourth-order valence-corrected chi connectivity index (χ4v) is 7.31. The number of oxazole rings is 1. The van der Waals surface area contributed by atoms with E-state index in [0.29, 0.717) is 53.7 Å². The molecule has 6 aromatic rings. The van der Waals surface area contributed by atoms with Gasteiger partial charge in [-0.2, -0.15) is 0 Å². The van der Waals surface area contributed by atoms with E-state index in [-0.39, 0.29) is 37.0 Å². The summed E-state index contributed by atoms with van der Waals surface area (Å²) in [6.45, 7) is -0.0341. The minimum absolute atomic E-state index is 0.0341. The summed E-state index contributed by atoms with van der Waals surface area (Å²) in [5.41, 5.74) is 13.0. The van der Waals surface area contributed by atoms with Crippen molar-refractivity contribution in [2.45, 2.75) is 62.4 Å². The number of aliphatic hydroxyl groups excluding tert-OH is 1. The average Bonchev–Trinajstić information content (AvgIpc) is 3.68. The van der Waals surface area contributed by atoms with Gasteiger partial charge in [0, 0.05) is 47.4 Å². The molecule has 286 valence electrons. The molecule has 3 atom stereocenters. The van der Waals surface area contributed by atoms with E-state index in [1.807, 2.05) is 121 Å². The number of nitrogens with zero attached hydrogens (tertiary/aromatic N) is 1. The quantitative estimate of drug-likeness (QED) is 0.0455. The van der Waals surface area contributed by atoms with Gasteiger partial charge in [-0.25, -0.2) is 4.98 Å². The van der Waals surface area contributed by atoms with Gasteiger partial charge in [0.25, 0.3) is 5.22 Å². The van der Waals surface area contributed by atoms with Gasteiger partial charge in [-0.05, 0) is 48.2 Å². The summed E-state index contributed by atoms with van der Waals surface area (Å²) in [7, 11) is 0. The van der Waals surface area contributed by atoms with Gasteiger partial charge in [0.1, 0.15) is 5.69 Å². The van der Waals surface area contributed by atoms with Crippen LogP contribution in [0, 0.1) is 0 Å². The number of rotatable bonds is 15. The third-order valence-corrected chi connectivity index (χ3v) is 10.4. The molecule has 0 unspecified atom stereocenters. The molecule has 11 heteroatoms. The molecule has 0 spiro atoms. The Labute approximate surface area is 330 Å². The Morgan fingerprint density at radius 2 is 1.36 bits per heavy atom. The Morgan fingerprint density at radius 3 is 2.04 bits per heavy atom. The Hall–Kier alpha value is -5.72. The van der Waals surface area contributed by atoms with Crippen LogP contribution in [0.4, 0.5) is 17.1 Å². The van der Waals surface area contributed by atoms with Crippen LogP contribution in [0.15, 0.2) is 143 Å². The molecule has 5 N–H and O–H groups in total. The molecule has 1 fully saturated rings. The van der Waals surface area contributed by atoms with Crippen LogP contribution in [0.3, 0.4) is 0 Å². The number of hydrogen-bond donors (Lipinski definition) is 4. The molecule has 0 saturated carbocycles. The number of thioether (sulfide) groups is 1. The number of ether oxygens (including phenoxy) is 2. The summed E-state index contributed by atoms with van der Waals surface area (Å²) >= 11 is 1.51. The third-order valence-electron chi connectivity index (χ3n) is 9.46. The van der Waals surface area contributed by atoms with Crippen LogP contribution in [-0.2, 0) is 25.7 Å². The number of carbonyl (C=O) groups excluding carboxylic acids is 2. The zero-order valence-corrected chi connectivity index (χ0v) is 31.6. The molecule has 1 saturated heterocycles. The maximum Gasteiger partial charge on any atom is 0.256 e. The third kappa shape index (κ3) is 10.1. The van der Waals surface area contributed by atoms with E-state index in [1.165, 1.54) is 11.8 Å². The molecular formula is C45H44N4O6S. The SMILES string of the molecule is Nc1ccccc1NC(=O)CCCCC(=O)Nc1ccc([C@H]2O[C@@H](CSc3nc(-c4ccccc4)c(-c4ccccc4)o3)C[C@@H](c3ccc(CO)cc3)O2)cc1. The maximum absolute atomic E-state index is 12.7. The van der Waals surface area contributed by atoms with Crippen LogP contribution in [0.2, 0.25) is 0 Å². The van der Waals surface area contributed by atoms with Gasteiger partial charge in [-0.15, -0.1) is 0 Å². The zero-order valence-electron chi connectivity index (χ0n) is 30.8. The van der Waals surface area contributed by atoms with E-state index in [2.05, 4.69) is 10.6 Å². The topological polar surface area (TPSA) is 149 Å². The maximum atomic E-state index is 12.7. The largest absolute Gasteiger partial charge is 0.431 e. The number of aromatic nitrogens is 1. The van der Waals surface area contributed by atoms with E-state index >= 15 is 0 Å². The molecular weight excluding hydrogens is 725 g/mol. The number of carbonyl (C=O) groups is 2. The lowest BCUT2D eigenvalue weighted by Crippen LogP contribution is -2.31. The molecule has 10 nitrogen and oxygen atoms in total. The van der Waals surface area contributed by atoms with Crippen molar-refractivity contribution >= 4 is 40.6 Å². The van der Waals surface area contributed by atoms with Crippen molar-refractivity contribution in [2.75, 3.05) is 22.1 Å². The molecule has 5 aromatic carbocycles. The molecule has 7 rings (SSSR count). The Morgan fingerprint density at radius 1 is 0.732 bits per heavy atom. The first-order valence-electron chi connectivity index (χ1n) is 18.7. The summed E-state index contributed by atoms with van der Waals surface area (Å²) in [5.74, 6) is 1.03. The smallest absolute Gasteiger partial charge is 0.256 e.